The number of anilines is 1. The van der Waals surface area contributed by atoms with E-state index >= 15 is 0 Å². The van der Waals surface area contributed by atoms with Crippen molar-refractivity contribution in [2.45, 2.75) is 73.6 Å². The number of benzene rings is 1. The van der Waals surface area contributed by atoms with Crippen LogP contribution in [0.3, 0.4) is 0 Å². The smallest absolute Gasteiger partial charge is 0.222 e. The predicted octanol–water partition coefficient (Wildman–Crippen LogP) is 5.20. The third-order valence-electron chi connectivity index (χ3n) is 6.65. The summed E-state index contributed by atoms with van der Waals surface area (Å²) in [5.41, 5.74) is 6.20. The first-order chi connectivity index (χ1) is 15.2. The Bertz CT molecular complexity index is 945. The lowest BCUT2D eigenvalue weighted by Gasteiger charge is -2.37. The molecule has 1 aromatic carbocycles. The van der Waals surface area contributed by atoms with Crippen LogP contribution >= 0.6 is 0 Å². The van der Waals surface area contributed by atoms with Gasteiger partial charge in [0.15, 0.2) is 0 Å². The molecule has 32 heavy (non-hydrogen) atoms. The SMILES string of the molecule is CC[C@H](C)c1nc(C)c(Cc2cc(C)ccc2C)c(N2CCN(C(=O)CC(C)C)CC2)n1. The van der Waals surface area contributed by atoms with Gasteiger partial charge in [0.2, 0.25) is 5.91 Å². The fourth-order valence-electron chi connectivity index (χ4n) is 4.30. The maximum absolute atomic E-state index is 12.5. The second-order valence-corrected chi connectivity index (χ2v) is 9.85. The number of carbonyl (C=O) groups excluding carboxylic acids is 1. The average Bonchev–Trinajstić information content (AvgIpc) is 2.76. The van der Waals surface area contributed by atoms with Gasteiger partial charge in [-0.3, -0.25) is 4.79 Å². The van der Waals surface area contributed by atoms with Gasteiger partial charge in [-0.25, -0.2) is 9.97 Å². The van der Waals surface area contributed by atoms with Crippen LogP contribution in [0.25, 0.3) is 0 Å². The largest absolute Gasteiger partial charge is 0.353 e. The second-order valence-electron chi connectivity index (χ2n) is 9.85. The molecule has 0 saturated carbocycles. The molecule has 0 radical (unpaired) electrons. The number of rotatable bonds is 7. The fraction of sp³-hybridized carbons (Fsp3) is 0.593. The van der Waals surface area contributed by atoms with Gasteiger partial charge in [-0.1, -0.05) is 51.5 Å². The molecule has 5 nitrogen and oxygen atoms in total. The lowest BCUT2D eigenvalue weighted by Crippen LogP contribution is -2.49. The van der Waals surface area contributed by atoms with E-state index in [1.165, 1.54) is 22.3 Å². The third kappa shape index (κ3) is 5.67. The van der Waals surface area contributed by atoms with Gasteiger partial charge in [0.1, 0.15) is 11.6 Å². The van der Waals surface area contributed by atoms with Gasteiger partial charge >= 0.3 is 0 Å². The van der Waals surface area contributed by atoms with Gasteiger partial charge in [-0.15, -0.1) is 0 Å². The summed E-state index contributed by atoms with van der Waals surface area (Å²) in [7, 11) is 0. The Hall–Kier alpha value is -2.43. The van der Waals surface area contributed by atoms with Crippen LogP contribution < -0.4 is 4.90 Å². The molecule has 2 heterocycles. The van der Waals surface area contributed by atoms with Crippen LogP contribution in [0.1, 0.15) is 80.2 Å². The predicted molar refractivity (Wildman–Crippen MR) is 132 cm³/mol. The van der Waals surface area contributed by atoms with E-state index in [0.717, 1.165) is 56.4 Å². The topological polar surface area (TPSA) is 49.3 Å². The number of hydrogen-bond donors (Lipinski definition) is 0. The standard InChI is InChI=1S/C27H40N4O/c1-8-20(5)26-28-22(7)24(17-23-16-19(4)9-10-21(23)6)27(29-26)31-13-11-30(12-14-31)25(32)15-18(2)3/h9-10,16,18,20H,8,11-15,17H2,1-7H3/t20-/m0/s1. The number of amides is 1. The molecule has 3 rings (SSSR count). The molecule has 1 aliphatic rings. The van der Waals surface area contributed by atoms with Crippen LogP contribution in [0.2, 0.25) is 0 Å². The van der Waals surface area contributed by atoms with Gasteiger partial charge in [0, 0.05) is 56.2 Å². The lowest BCUT2D eigenvalue weighted by atomic mass is 9.97. The van der Waals surface area contributed by atoms with Crippen molar-refractivity contribution in [3.63, 3.8) is 0 Å². The van der Waals surface area contributed by atoms with E-state index in [-0.39, 0.29) is 5.91 Å². The third-order valence-corrected chi connectivity index (χ3v) is 6.65. The van der Waals surface area contributed by atoms with E-state index in [4.69, 9.17) is 9.97 Å². The number of piperazine rings is 1. The van der Waals surface area contributed by atoms with Crippen LogP contribution in [0.4, 0.5) is 5.82 Å². The monoisotopic (exact) mass is 436 g/mol. The van der Waals surface area contributed by atoms with Crippen molar-refractivity contribution in [3.05, 3.63) is 52.0 Å². The summed E-state index contributed by atoms with van der Waals surface area (Å²) >= 11 is 0. The molecule has 0 aliphatic carbocycles. The van der Waals surface area contributed by atoms with Crippen molar-refractivity contribution < 1.29 is 4.79 Å². The number of aromatic nitrogens is 2. The van der Waals surface area contributed by atoms with E-state index in [0.29, 0.717) is 18.3 Å². The molecule has 0 unspecified atom stereocenters. The molecule has 0 spiro atoms. The Balaban J connectivity index is 1.91. The number of carbonyl (C=O) groups is 1. The summed E-state index contributed by atoms with van der Waals surface area (Å²) in [6, 6.07) is 6.65. The van der Waals surface area contributed by atoms with Crippen molar-refractivity contribution in [2.24, 2.45) is 5.92 Å². The quantitative estimate of drug-likeness (QED) is 0.598. The Labute approximate surface area is 194 Å². The van der Waals surface area contributed by atoms with Crippen LogP contribution in [-0.4, -0.2) is 47.0 Å². The molecular formula is C27H40N4O. The number of nitrogens with zero attached hydrogens (tertiary/aromatic N) is 4. The van der Waals surface area contributed by atoms with Gasteiger partial charge in [0.05, 0.1) is 0 Å². The molecule has 1 amide bonds. The maximum atomic E-state index is 12.5. The lowest BCUT2D eigenvalue weighted by molar-refractivity contribution is -0.132. The normalized spacial score (nSPS) is 15.4. The van der Waals surface area contributed by atoms with Crippen LogP contribution in [0.5, 0.6) is 0 Å². The van der Waals surface area contributed by atoms with Crippen LogP contribution in [-0.2, 0) is 11.2 Å². The van der Waals surface area contributed by atoms with Crippen molar-refractivity contribution >= 4 is 11.7 Å². The first-order valence-electron chi connectivity index (χ1n) is 12.2. The highest BCUT2D eigenvalue weighted by Crippen LogP contribution is 2.29. The zero-order valence-electron chi connectivity index (χ0n) is 21.0. The molecular weight excluding hydrogens is 396 g/mol. The zero-order valence-corrected chi connectivity index (χ0v) is 21.0. The minimum absolute atomic E-state index is 0.273. The Morgan fingerprint density at radius 2 is 1.72 bits per heavy atom. The molecule has 1 aliphatic heterocycles. The summed E-state index contributed by atoms with van der Waals surface area (Å²) in [6.07, 6.45) is 2.48. The molecule has 0 bridgehead atoms. The van der Waals surface area contributed by atoms with Gasteiger partial charge in [-0.2, -0.15) is 0 Å². The molecule has 174 valence electrons. The van der Waals surface area contributed by atoms with E-state index in [9.17, 15) is 4.79 Å². The minimum atomic E-state index is 0.273. The highest BCUT2D eigenvalue weighted by molar-refractivity contribution is 5.76. The van der Waals surface area contributed by atoms with Gasteiger partial charge < -0.3 is 9.80 Å². The fourth-order valence-corrected chi connectivity index (χ4v) is 4.30. The summed E-state index contributed by atoms with van der Waals surface area (Å²) < 4.78 is 0. The van der Waals surface area contributed by atoms with Crippen LogP contribution in [0, 0.1) is 26.7 Å². The van der Waals surface area contributed by atoms with Crippen molar-refractivity contribution in [1.29, 1.82) is 0 Å². The van der Waals surface area contributed by atoms with Crippen molar-refractivity contribution in [1.82, 2.24) is 14.9 Å². The Morgan fingerprint density at radius 3 is 2.34 bits per heavy atom. The molecule has 1 atom stereocenters. The van der Waals surface area contributed by atoms with Crippen LogP contribution in [0.15, 0.2) is 18.2 Å². The summed E-state index contributed by atoms with van der Waals surface area (Å²) in [5, 5.41) is 0. The summed E-state index contributed by atoms with van der Waals surface area (Å²) in [4.78, 5) is 27.0. The highest BCUT2D eigenvalue weighted by Gasteiger charge is 2.26. The van der Waals surface area contributed by atoms with E-state index < -0.39 is 0 Å². The van der Waals surface area contributed by atoms with Gasteiger partial charge in [0.25, 0.3) is 0 Å². The average molecular weight is 437 g/mol. The van der Waals surface area contributed by atoms with E-state index in [2.05, 4.69) is 71.6 Å². The molecule has 0 N–H and O–H groups in total. The van der Waals surface area contributed by atoms with Crippen molar-refractivity contribution in [2.75, 3.05) is 31.1 Å². The van der Waals surface area contributed by atoms with E-state index in [1.807, 2.05) is 4.90 Å². The summed E-state index contributed by atoms with van der Waals surface area (Å²) in [6.45, 7) is 18.2. The first-order valence-corrected chi connectivity index (χ1v) is 12.2. The Kier molecular flexibility index (Phi) is 7.91. The van der Waals surface area contributed by atoms with Gasteiger partial charge in [-0.05, 0) is 44.2 Å². The molecule has 2 aromatic rings. The maximum Gasteiger partial charge on any atom is 0.222 e. The zero-order chi connectivity index (χ0) is 23.4. The molecule has 5 heteroatoms. The van der Waals surface area contributed by atoms with E-state index in [1.54, 1.807) is 0 Å². The molecule has 1 fully saturated rings. The number of aryl methyl sites for hydroxylation is 3. The van der Waals surface area contributed by atoms with Crippen molar-refractivity contribution in [3.8, 4) is 0 Å². The summed E-state index contributed by atoms with van der Waals surface area (Å²) in [5.74, 6) is 2.99. The number of hydrogen-bond acceptors (Lipinski definition) is 4. The highest BCUT2D eigenvalue weighted by atomic mass is 16.2. The first kappa shape index (κ1) is 24.2. The second kappa shape index (κ2) is 10.5. The minimum Gasteiger partial charge on any atom is -0.353 e. The molecule has 1 saturated heterocycles. The Morgan fingerprint density at radius 1 is 1.03 bits per heavy atom. The molecule has 1 aromatic heterocycles.